The van der Waals surface area contributed by atoms with E-state index in [-0.39, 0.29) is 29.6 Å². The van der Waals surface area contributed by atoms with Crippen LogP contribution in [0.15, 0.2) is 30.3 Å². The SMILES string of the molecule is Cc1nc(N)nc(N)c1OCCCCOc1ccccc1.Cl.O. The van der Waals surface area contributed by atoms with Crippen LogP contribution in [-0.2, 0) is 0 Å². The van der Waals surface area contributed by atoms with Crippen molar-refractivity contribution in [3.05, 3.63) is 36.0 Å². The van der Waals surface area contributed by atoms with Gasteiger partial charge in [-0.05, 0) is 31.9 Å². The summed E-state index contributed by atoms with van der Waals surface area (Å²) in [6.45, 7) is 2.98. The lowest BCUT2D eigenvalue weighted by Gasteiger charge is -2.11. The summed E-state index contributed by atoms with van der Waals surface area (Å²) in [7, 11) is 0. The third-order valence-electron chi connectivity index (χ3n) is 2.88. The number of halogens is 1. The van der Waals surface area contributed by atoms with Crippen LogP contribution in [0.25, 0.3) is 0 Å². The van der Waals surface area contributed by atoms with Crippen molar-refractivity contribution in [2.24, 2.45) is 0 Å². The van der Waals surface area contributed by atoms with Crippen LogP contribution in [0.3, 0.4) is 0 Å². The number of nitrogens with two attached hydrogens (primary N) is 2. The van der Waals surface area contributed by atoms with Crippen molar-refractivity contribution in [3.8, 4) is 11.5 Å². The van der Waals surface area contributed by atoms with Gasteiger partial charge in [-0.15, -0.1) is 12.4 Å². The molecule has 0 fully saturated rings. The van der Waals surface area contributed by atoms with Crippen LogP contribution in [0.2, 0.25) is 0 Å². The summed E-state index contributed by atoms with van der Waals surface area (Å²) in [6, 6.07) is 9.73. The molecule has 0 aliphatic rings. The van der Waals surface area contributed by atoms with Crippen LogP contribution in [0.5, 0.6) is 11.5 Å². The van der Waals surface area contributed by atoms with Gasteiger partial charge in [0, 0.05) is 0 Å². The van der Waals surface area contributed by atoms with Crippen molar-refractivity contribution in [2.45, 2.75) is 19.8 Å². The third-order valence-corrected chi connectivity index (χ3v) is 2.88. The number of hydrogen-bond acceptors (Lipinski definition) is 6. The Morgan fingerprint density at radius 3 is 2.17 bits per heavy atom. The van der Waals surface area contributed by atoms with Crippen molar-refractivity contribution < 1.29 is 14.9 Å². The first-order valence-electron chi connectivity index (χ1n) is 6.87. The minimum atomic E-state index is 0. The first kappa shape index (κ1) is 20.8. The highest BCUT2D eigenvalue weighted by molar-refractivity contribution is 5.85. The van der Waals surface area contributed by atoms with E-state index in [1.54, 1.807) is 6.92 Å². The molecular weight excluding hydrogens is 320 g/mol. The maximum atomic E-state index is 5.76. The van der Waals surface area contributed by atoms with Gasteiger partial charge in [0.15, 0.2) is 11.6 Å². The van der Waals surface area contributed by atoms with E-state index < -0.39 is 0 Å². The van der Waals surface area contributed by atoms with Gasteiger partial charge in [0.2, 0.25) is 5.95 Å². The normalized spacial score (nSPS) is 9.43. The molecule has 2 aromatic rings. The smallest absolute Gasteiger partial charge is 0.222 e. The van der Waals surface area contributed by atoms with Crippen molar-refractivity contribution in [1.29, 1.82) is 0 Å². The highest BCUT2D eigenvalue weighted by atomic mass is 35.5. The van der Waals surface area contributed by atoms with Gasteiger partial charge in [0.1, 0.15) is 5.75 Å². The van der Waals surface area contributed by atoms with Gasteiger partial charge in [0.25, 0.3) is 0 Å². The number of hydrogen-bond donors (Lipinski definition) is 2. The number of nitrogen functional groups attached to an aromatic ring is 2. The van der Waals surface area contributed by atoms with E-state index >= 15 is 0 Å². The Hall–Kier alpha value is -2.25. The Balaban J connectivity index is 0.00000242. The molecule has 0 aliphatic carbocycles. The van der Waals surface area contributed by atoms with E-state index in [0.717, 1.165) is 18.6 Å². The molecule has 8 heteroatoms. The second-order valence-corrected chi connectivity index (χ2v) is 4.60. The van der Waals surface area contributed by atoms with E-state index in [4.69, 9.17) is 20.9 Å². The molecule has 1 aromatic heterocycles. The van der Waals surface area contributed by atoms with Gasteiger partial charge in [-0.2, -0.15) is 4.98 Å². The van der Waals surface area contributed by atoms with Crippen molar-refractivity contribution in [1.82, 2.24) is 9.97 Å². The number of para-hydroxylation sites is 1. The molecule has 128 valence electrons. The Kier molecular flexibility index (Phi) is 9.45. The van der Waals surface area contributed by atoms with Gasteiger partial charge >= 0.3 is 0 Å². The molecule has 2 rings (SSSR count). The quantitative estimate of drug-likeness (QED) is 0.738. The monoisotopic (exact) mass is 342 g/mol. The standard InChI is InChI=1S/C15H20N4O2.ClH.H2O/c1-11-13(14(16)19-15(17)18-11)21-10-6-5-9-20-12-7-3-2-4-8-12;;/h2-4,7-8H,5-6,9-10H2,1H3,(H4,16,17,18,19);1H;1H2. The van der Waals surface area contributed by atoms with Crippen molar-refractivity contribution in [3.63, 3.8) is 0 Å². The van der Waals surface area contributed by atoms with Gasteiger partial charge in [0.05, 0.1) is 18.9 Å². The van der Waals surface area contributed by atoms with Crippen LogP contribution < -0.4 is 20.9 Å². The number of anilines is 2. The highest BCUT2D eigenvalue weighted by Gasteiger charge is 2.08. The largest absolute Gasteiger partial charge is 0.494 e. The molecule has 6 N–H and O–H groups in total. The van der Waals surface area contributed by atoms with Crippen LogP contribution in [-0.4, -0.2) is 28.7 Å². The van der Waals surface area contributed by atoms with E-state index in [1.807, 2.05) is 30.3 Å². The highest BCUT2D eigenvalue weighted by Crippen LogP contribution is 2.23. The van der Waals surface area contributed by atoms with Crippen molar-refractivity contribution >= 4 is 24.2 Å². The number of ether oxygens (including phenoxy) is 2. The second kappa shape index (κ2) is 10.5. The molecule has 0 amide bonds. The number of unbranched alkanes of at least 4 members (excludes halogenated alkanes) is 1. The lowest BCUT2D eigenvalue weighted by Crippen LogP contribution is -2.08. The van der Waals surface area contributed by atoms with Crippen LogP contribution >= 0.6 is 12.4 Å². The fourth-order valence-corrected chi connectivity index (χ4v) is 1.87. The fourth-order valence-electron chi connectivity index (χ4n) is 1.87. The van der Waals surface area contributed by atoms with E-state index in [1.165, 1.54) is 0 Å². The maximum Gasteiger partial charge on any atom is 0.222 e. The minimum absolute atomic E-state index is 0. The molecule has 0 spiro atoms. The van der Waals surface area contributed by atoms with Crippen LogP contribution in [0, 0.1) is 6.92 Å². The molecule has 0 bridgehead atoms. The number of aromatic nitrogens is 2. The number of nitrogens with zero attached hydrogens (tertiary/aromatic N) is 2. The molecule has 7 nitrogen and oxygen atoms in total. The molecule has 0 aliphatic heterocycles. The van der Waals surface area contributed by atoms with Crippen molar-refractivity contribution in [2.75, 3.05) is 24.7 Å². The first-order valence-corrected chi connectivity index (χ1v) is 6.87. The molecule has 0 atom stereocenters. The predicted molar refractivity (Wildman–Crippen MR) is 93.1 cm³/mol. The zero-order valence-electron chi connectivity index (χ0n) is 13.0. The number of benzene rings is 1. The van der Waals surface area contributed by atoms with Crippen LogP contribution in [0.4, 0.5) is 11.8 Å². The topological polar surface area (TPSA) is 128 Å². The lowest BCUT2D eigenvalue weighted by atomic mass is 10.3. The van der Waals surface area contributed by atoms with Gasteiger partial charge in [-0.25, -0.2) is 4.98 Å². The summed E-state index contributed by atoms with van der Waals surface area (Å²) in [4.78, 5) is 7.91. The molecule has 1 heterocycles. The summed E-state index contributed by atoms with van der Waals surface area (Å²) < 4.78 is 11.2. The Labute approximate surface area is 141 Å². The number of rotatable bonds is 7. The van der Waals surface area contributed by atoms with E-state index in [0.29, 0.717) is 24.7 Å². The molecule has 0 saturated carbocycles. The fraction of sp³-hybridized carbons (Fsp3) is 0.333. The zero-order valence-corrected chi connectivity index (χ0v) is 13.8. The molecule has 1 aromatic carbocycles. The first-order chi connectivity index (χ1) is 10.2. The minimum Gasteiger partial charge on any atom is -0.494 e. The Morgan fingerprint density at radius 2 is 1.57 bits per heavy atom. The van der Waals surface area contributed by atoms with Crippen LogP contribution in [0.1, 0.15) is 18.5 Å². The predicted octanol–water partition coefficient (Wildman–Crippen LogP) is 1.78. The molecule has 0 saturated heterocycles. The summed E-state index contributed by atoms with van der Waals surface area (Å²) in [5.41, 5.74) is 11.9. The molecular formula is C15H23ClN4O3. The Bertz CT molecular complexity index is 561. The molecule has 23 heavy (non-hydrogen) atoms. The Morgan fingerprint density at radius 1 is 0.957 bits per heavy atom. The zero-order chi connectivity index (χ0) is 15.1. The average Bonchev–Trinajstić information content (AvgIpc) is 2.45. The molecule has 0 radical (unpaired) electrons. The summed E-state index contributed by atoms with van der Waals surface area (Å²) in [6.07, 6.45) is 1.75. The van der Waals surface area contributed by atoms with E-state index in [9.17, 15) is 0 Å². The second-order valence-electron chi connectivity index (χ2n) is 4.60. The van der Waals surface area contributed by atoms with Gasteiger partial charge < -0.3 is 26.4 Å². The average molecular weight is 343 g/mol. The summed E-state index contributed by atoms with van der Waals surface area (Å²) >= 11 is 0. The summed E-state index contributed by atoms with van der Waals surface area (Å²) in [5, 5.41) is 0. The van der Waals surface area contributed by atoms with Gasteiger partial charge in [-0.3, -0.25) is 0 Å². The lowest BCUT2D eigenvalue weighted by molar-refractivity contribution is 0.265. The number of aryl methyl sites for hydroxylation is 1. The summed E-state index contributed by atoms with van der Waals surface area (Å²) in [5.74, 6) is 1.83. The van der Waals surface area contributed by atoms with Gasteiger partial charge in [-0.1, -0.05) is 18.2 Å². The van der Waals surface area contributed by atoms with E-state index in [2.05, 4.69) is 9.97 Å². The molecule has 0 unspecified atom stereocenters. The maximum absolute atomic E-state index is 5.76. The third kappa shape index (κ3) is 6.58.